The van der Waals surface area contributed by atoms with Gasteiger partial charge in [0, 0.05) is 18.1 Å². The van der Waals surface area contributed by atoms with E-state index < -0.39 is 5.91 Å². The summed E-state index contributed by atoms with van der Waals surface area (Å²) < 4.78 is 15.3. The molecule has 2 aromatic rings. The molecule has 2 N–H and O–H groups in total. The molecule has 0 bridgehead atoms. The molecule has 0 aliphatic rings. The Kier molecular flexibility index (Phi) is 6.84. The molecular weight excluding hydrogens is 336 g/mol. The van der Waals surface area contributed by atoms with Crippen molar-refractivity contribution in [2.45, 2.75) is 12.8 Å². The number of carbonyl (C=O) groups excluding carboxylic acids is 2. The smallest absolute Gasteiger partial charge is 0.269 e. The minimum Gasteiger partial charge on any atom is -0.497 e. The Bertz CT molecular complexity index is 737. The fourth-order valence-corrected chi connectivity index (χ4v) is 2.25. The normalized spacial score (nSPS) is 9.96. The lowest BCUT2D eigenvalue weighted by Gasteiger charge is -2.10. The Hall–Kier alpha value is -3.22. The number of amides is 2. The molecule has 0 heterocycles. The van der Waals surface area contributed by atoms with Crippen molar-refractivity contribution >= 4 is 11.8 Å². The van der Waals surface area contributed by atoms with Crippen molar-refractivity contribution in [1.82, 2.24) is 10.9 Å². The van der Waals surface area contributed by atoms with Crippen molar-refractivity contribution in [3.05, 3.63) is 53.6 Å². The maximum absolute atomic E-state index is 12.2. The summed E-state index contributed by atoms with van der Waals surface area (Å²) in [6, 6.07) is 12.2. The highest BCUT2D eigenvalue weighted by Crippen LogP contribution is 2.22. The van der Waals surface area contributed by atoms with Gasteiger partial charge in [0.1, 0.15) is 17.2 Å². The Morgan fingerprint density at radius 3 is 1.92 bits per heavy atom. The van der Waals surface area contributed by atoms with Crippen LogP contribution in [-0.4, -0.2) is 33.1 Å². The first-order valence-electron chi connectivity index (χ1n) is 8.01. The van der Waals surface area contributed by atoms with Crippen molar-refractivity contribution in [2.75, 3.05) is 21.3 Å². The lowest BCUT2D eigenvalue weighted by molar-refractivity contribution is -0.121. The lowest BCUT2D eigenvalue weighted by Crippen LogP contribution is -2.41. The summed E-state index contributed by atoms with van der Waals surface area (Å²) >= 11 is 0. The third kappa shape index (κ3) is 5.41. The summed E-state index contributed by atoms with van der Waals surface area (Å²) in [5.74, 6) is 0.990. The predicted octanol–water partition coefficient (Wildman–Crippen LogP) is 2.11. The number of benzene rings is 2. The zero-order chi connectivity index (χ0) is 18.9. The van der Waals surface area contributed by atoms with Crippen LogP contribution < -0.4 is 25.1 Å². The van der Waals surface area contributed by atoms with E-state index in [1.807, 2.05) is 24.3 Å². The van der Waals surface area contributed by atoms with E-state index in [9.17, 15) is 9.59 Å². The summed E-state index contributed by atoms with van der Waals surface area (Å²) in [5.41, 5.74) is 6.11. The number of ether oxygens (including phenoxy) is 3. The van der Waals surface area contributed by atoms with Crippen LogP contribution >= 0.6 is 0 Å². The van der Waals surface area contributed by atoms with Crippen LogP contribution in [0.5, 0.6) is 17.2 Å². The molecule has 0 spiro atoms. The molecule has 2 aromatic carbocycles. The number of methoxy groups -OCH3 is 3. The summed E-state index contributed by atoms with van der Waals surface area (Å²) in [7, 11) is 4.60. The van der Waals surface area contributed by atoms with Crippen LogP contribution in [-0.2, 0) is 11.2 Å². The first kappa shape index (κ1) is 19.1. The molecule has 0 unspecified atom stereocenters. The van der Waals surface area contributed by atoms with Gasteiger partial charge in [-0.25, -0.2) is 0 Å². The van der Waals surface area contributed by atoms with Gasteiger partial charge in [-0.1, -0.05) is 12.1 Å². The first-order valence-corrected chi connectivity index (χ1v) is 8.01. The molecule has 0 fully saturated rings. The molecule has 0 saturated heterocycles. The molecule has 2 rings (SSSR count). The van der Waals surface area contributed by atoms with Gasteiger partial charge in [-0.15, -0.1) is 0 Å². The van der Waals surface area contributed by atoms with E-state index in [1.54, 1.807) is 25.3 Å². The molecule has 26 heavy (non-hydrogen) atoms. The van der Waals surface area contributed by atoms with E-state index in [4.69, 9.17) is 14.2 Å². The van der Waals surface area contributed by atoms with Crippen molar-refractivity contribution in [2.24, 2.45) is 0 Å². The summed E-state index contributed by atoms with van der Waals surface area (Å²) in [5, 5.41) is 0. The molecule has 0 saturated carbocycles. The van der Waals surface area contributed by atoms with E-state index in [1.165, 1.54) is 14.2 Å². The molecule has 0 aliphatic carbocycles. The quantitative estimate of drug-likeness (QED) is 0.741. The number of nitrogens with one attached hydrogen (secondary N) is 2. The number of hydrogen-bond donors (Lipinski definition) is 2. The standard InChI is InChI=1S/C19H22N2O5/c1-24-15-7-4-13(5-8-15)6-9-18(22)20-21-19(23)14-10-16(25-2)12-17(11-14)26-3/h4-5,7-8,10-12H,6,9H2,1-3H3,(H,20,22)(H,21,23). The number of aryl methyl sites for hydroxylation is 1. The van der Waals surface area contributed by atoms with Gasteiger partial charge in [0.05, 0.1) is 21.3 Å². The molecule has 138 valence electrons. The number of carbonyl (C=O) groups is 2. The van der Waals surface area contributed by atoms with Gasteiger partial charge in [0.15, 0.2) is 0 Å². The van der Waals surface area contributed by atoms with E-state index in [2.05, 4.69) is 10.9 Å². The van der Waals surface area contributed by atoms with Crippen molar-refractivity contribution in [3.63, 3.8) is 0 Å². The zero-order valence-electron chi connectivity index (χ0n) is 15.0. The average Bonchev–Trinajstić information content (AvgIpc) is 2.70. The van der Waals surface area contributed by atoms with Crippen LogP contribution in [0, 0.1) is 0 Å². The fraction of sp³-hybridized carbons (Fsp3) is 0.263. The van der Waals surface area contributed by atoms with E-state index >= 15 is 0 Å². The highest BCUT2D eigenvalue weighted by atomic mass is 16.5. The molecule has 7 heteroatoms. The molecule has 2 amide bonds. The predicted molar refractivity (Wildman–Crippen MR) is 96.5 cm³/mol. The van der Waals surface area contributed by atoms with Gasteiger partial charge in [0.2, 0.25) is 5.91 Å². The lowest BCUT2D eigenvalue weighted by atomic mass is 10.1. The Morgan fingerprint density at radius 1 is 0.808 bits per heavy atom. The molecule has 0 aromatic heterocycles. The second-order valence-electron chi connectivity index (χ2n) is 5.45. The second-order valence-corrected chi connectivity index (χ2v) is 5.45. The first-order chi connectivity index (χ1) is 12.5. The second kappa shape index (κ2) is 9.31. The fourth-order valence-electron chi connectivity index (χ4n) is 2.25. The van der Waals surface area contributed by atoms with Crippen LogP contribution in [0.3, 0.4) is 0 Å². The third-order valence-electron chi connectivity index (χ3n) is 3.73. The Morgan fingerprint density at radius 2 is 1.38 bits per heavy atom. The number of rotatable bonds is 7. The maximum Gasteiger partial charge on any atom is 0.269 e. The summed E-state index contributed by atoms with van der Waals surface area (Å²) in [4.78, 5) is 24.1. The van der Waals surface area contributed by atoms with Gasteiger partial charge in [-0.2, -0.15) is 0 Å². The van der Waals surface area contributed by atoms with E-state index in [0.717, 1.165) is 11.3 Å². The van der Waals surface area contributed by atoms with Gasteiger partial charge in [0.25, 0.3) is 5.91 Å². The zero-order valence-corrected chi connectivity index (χ0v) is 15.0. The van der Waals surface area contributed by atoms with Gasteiger partial charge in [-0.3, -0.25) is 20.4 Å². The largest absolute Gasteiger partial charge is 0.497 e. The molecule has 0 radical (unpaired) electrons. The van der Waals surface area contributed by atoms with E-state index in [0.29, 0.717) is 23.5 Å². The summed E-state index contributed by atoms with van der Waals surface area (Å²) in [6.07, 6.45) is 0.798. The Labute approximate surface area is 152 Å². The SMILES string of the molecule is COc1ccc(CCC(=O)NNC(=O)c2cc(OC)cc(OC)c2)cc1. The van der Waals surface area contributed by atoms with Crippen LogP contribution in [0.15, 0.2) is 42.5 Å². The molecule has 7 nitrogen and oxygen atoms in total. The Balaban J connectivity index is 1.85. The average molecular weight is 358 g/mol. The third-order valence-corrected chi connectivity index (χ3v) is 3.73. The molecule has 0 aliphatic heterocycles. The number of hydrazine groups is 1. The van der Waals surface area contributed by atoms with E-state index in [-0.39, 0.29) is 12.3 Å². The topological polar surface area (TPSA) is 85.9 Å². The molecule has 0 atom stereocenters. The summed E-state index contributed by atoms with van der Waals surface area (Å²) in [6.45, 7) is 0. The highest BCUT2D eigenvalue weighted by molar-refractivity contribution is 5.96. The van der Waals surface area contributed by atoms with Crippen molar-refractivity contribution < 1.29 is 23.8 Å². The highest BCUT2D eigenvalue weighted by Gasteiger charge is 2.11. The van der Waals surface area contributed by atoms with Crippen molar-refractivity contribution in [3.8, 4) is 17.2 Å². The minimum atomic E-state index is -0.458. The van der Waals surface area contributed by atoms with Gasteiger partial charge >= 0.3 is 0 Å². The van der Waals surface area contributed by atoms with Gasteiger partial charge in [-0.05, 0) is 36.2 Å². The van der Waals surface area contributed by atoms with Crippen LogP contribution in [0.4, 0.5) is 0 Å². The monoisotopic (exact) mass is 358 g/mol. The van der Waals surface area contributed by atoms with Gasteiger partial charge < -0.3 is 14.2 Å². The minimum absolute atomic E-state index is 0.244. The van der Waals surface area contributed by atoms with Crippen LogP contribution in [0.25, 0.3) is 0 Å². The molecular formula is C19H22N2O5. The van der Waals surface area contributed by atoms with Crippen LogP contribution in [0.1, 0.15) is 22.3 Å². The van der Waals surface area contributed by atoms with Crippen molar-refractivity contribution in [1.29, 1.82) is 0 Å². The number of hydrogen-bond acceptors (Lipinski definition) is 5. The van der Waals surface area contributed by atoms with Crippen LogP contribution in [0.2, 0.25) is 0 Å². The maximum atomic E-state index is 12.2.